The highest BCUT2D eigenvalue weighted by Crippen LogP contribution is 2.33. The van der Waals surface area contributed by atoms with Crippen LogP contribution in [0.4, 0.5) is 0 Å². The van der Waals surface area contributed by atoms with Crippen molar-refractivity contribution in [3.63, 3.8) is 0 Å². The van der Waals surface area contributed by atoms with E-state index in [0.717, 1.165) is 70.2 Å². The zero-order chi connectivity index (χ0) is 19.4. The lowest BCUT2D eigenvalue weighted by Crippen LogP contribution is -2.37. The summed E-state index contributed by atoms with van der Waals surface area (Å²) in [6, 6.07) is 0. The number of hydrogen-bond acceptors (Lipinski definition) is 5. The zero-order valence-electron chi connectivity index (χ0n) is 17.2. The first kappa shape index (κ1) is 20.4. The number of aryl methyl sites for hydroxylation is 1. The van der Waals surface area contributed by atoms with Gasteiger partial charge in [0.2, 0.25) is 0 Å². The number of amides is 1. The molecule has 0 aromatic carbocycles. The Balaban J connectivity index is 1.79. The number of nitrogens with zero attached hydrogens (tertiary/aromatic N) is 1. The SMILES string of the molecule is Cc1oc(C(C)(C)C)c(CN2CCOCC2)c1C(=O)NCC1CCCOC1. The summed E-state index contributed by atoms with van der Waals surface area (Å²) < 4.78 is 17.1. The van der Waals surface area contributed by atoms with Gasteiger partial charge in [-0.2, -0.15) is 0 Å². The molecule has 0 aliphatic carbocycles. The lowest BCUT2D eigenvalue weighted by atomic mass is 9.88. The minimum Gasteiger partial charge on any atom is -0.465 e. The molecule has 3 rings (SSSR count). The van der Waals surface area contributed by atoms with E-state index in [4.69, 9.17) is 13.9 Å². The highest BCUT2D eigenvalue weighted by atomic mass is 16.5. The average molecular weight is 379 g/mol. The molecule has 2 saturated heterocycles. The van der Waals surface area contributed by atoms with Crippen molar-refractivity contribution in [1.29, 1.82) is 0 Å². The van der Waals surface area contributed by atoms with Crippen LogP contribution in [0.2, 0.25) is 0 Å². The quantitative estimate of drug-likeness (QED) is 0.854. The Kier molecular flexibility index (Phi) is 6.61. The van der Waals surface area contributed by atoms with Gasteiger partial charge in [0, 0.05) is 43.8 Å². The maximum absolute atomic E-state index is 13.1. The number of furan rings is 1. The topological polar surface area (TPSA) is 63.9 Å². The zero-order valence-corrected chi connectivity index (χ0v) is 17.2. The number of nitrogens with one attached hydrogen (secondary N) is 1. The molecule has 0 radical (unpaired) electrons. The fourth-order valence-corrected chi connectivity index (χ4v) is 3.92. The Hall–Kier alpha value is -1.37. The van der Waals surface area contributed by atoms with E-state index < -0.39 is 0 Å². The van der Waals surface area contributed by atoms with Gasteiger partial charge in [-0.05, 0) is 25.7 Å². The van der Waals surface area contributed by atoms with Crippen molar-refractivity contribution in [2.75, 3.05) is 46.1 Å². The van der Waals surface area contributed by atoms with E-state index in [1.165, 1.54) is 0 Å². The molecule has 0 saturated carbocycles. The molecule has 0 bridgehead atoms. The van der Waals surface area contributed by atoms with E-state index in [2.05, 4.69) is 31.0 Å². The molecule has 0 spiro atoms. The Morgan fingerprint density at radius 1 is 1.19 bits per heavy atom. The molecule has 2 fully saturated rings. The molecular formula is C21H34N2O4. The summed E-state index contributed by atoms with van der Waals surface area (Å²) in [5.41, 5.74) is 1.59. The van der Waals surface area contributed by atoms with Crippen molar-refractivity contribution in [2.45, 2.75) is 52.5 Å². The van der Waals surface area contributed by atoms with Gasteiger partial charge in [-0.3, -0.25) is 9.69 Å². The predicted octanol–water partition coefficient (Wildman–Crippen LogP) is 2.87. The average Bonchev–Trinajstić information content (AvgIpc) is 2.98. The maximum atomic E-state index is 13.1. The second kappa shape index (κ2) is 8.76. The van der Waals surface area contributed by atoms with Crippen molar-refractivity contribution < 1.29 is 18.7 Å². The van der Waals surface area contributed by atoms with Crippen molar-refractivity contribution >= 4 is 5.91 Å². The maximum Gasteiger partial charge on any atom is 0.255 e. The number of rotatable bonds is 5. The van der Waals surface area contributed by atoms with Crippen LogP contribution in [0.15, 0.2) is 4.42 Å². The third-order valence-corrected chi connectivity index (χ3v) is 5.38. The van der Waals surface area contributed by atoms with Crippen LogP contribution in [0.3, 0.4) is 0 Å². The highest BCUT2D eigenvalue weighted by Gasteiger charge is 2.31. The fraction of sp³-hybridized carbons (Fsp3) is 0.762. The van der Waals surface area contributed by atoms with Crippen molar-refractivity contribution in [2.24, 2.45) is 5.92 Å². The van der Waals surface area contributed by atoms with Gasteiger partial charge in [-0.1, -0.05) is 20.8 Å². The van der Waals surface area contributed by atoms with Gasteiger partial charge in [-0.15, -0.1) is 0 Å². The number of ether oxygens (including phenoxy) is 2. The van der Waals surface area contributed by atoms with Crippen molar-refractivity contribution in [1.82, 2.24) is 10.2 Å². The van der Waals surface area contributed by atoms with Crippen molar-refractivity contribution in [3.8, 4) is 0 Å². The molecule has 1 atom stereocenters. The van der Waals surface area contributed by atoms with Gasteiger partial charge in [0.05, 0.1) is 25.4 Å². The summed E-state index contributed by atoms with van der Waals surface area (Å²) >= 11 is 0. The molecule has 6 nitrogen and oxygen atoms in total. The summed E-state index contributed by atoms with van der Waals surface area (Å²) in [6.45, 7) is 14.5. The van der Waals surface area contributed by atoms with Crippen LogP contribution in [-0.2, 0) is 21.4 Å². The fourth-order valence-electron chi connectivity index (χ4n) is 3.92. The number of hydrogen-bond donors (Lipinski definition) is 1. The molecule has 1 aromatic rings. The molecular weight excluding hydrogens is 344 g/mol. The summed E-state index contributed by atoms with van der Waals surface area (Å²) in [6.07, 6.45) is 2.18. The number of carbonyl (C=O) groups excluding carboxylic acids is 1. The van der Waals surface area contributed by atoms with E-state index in [-0.39, 0.29) is 11.3 Å². The third-order valence-electron chi connectivity index (χ3n) is 5.38. The van der Waals surface area contributed by atoms with Gasteiger partial charge in [-0.25, -0.2) is 0 Å². The summed E-state index contributed by atoms with van der Waals surface area (Å²) in [5.74, 6) is 2.00. The second-order valence-corrected chi connectivity index (χ2v) is 8.77. The molecule has 2 aliphatic heterocycles. The Bertz CT molecular complexity index is 635. The smallest absolute Gasteiger partial charge is 0.255 e. The number of carbonyl (C=O) groups is 1. The molecule has 27 heavy (non-hydrogen) atoms. The van der Waals surface area contributed by atoms with Crippen LogP contribution in [-0.4, -0.2) is 56.9 Å². The summed E-state index contributed by atoms with van der Waals surface area (Å²) in [5, 5.41) is 3.13. The van der Waals surface area contributed by atoms with Crippen LogP contribution < -0.4 is 5.32 Å². The Labute approximate surface area is 162 Å². The van der Waals surface area contributed by atoms with Crippen LogP contribution in [0, 0.1) is 12.8 Å². The third kappa shape index (κ3) is 5.12. The lowest BCUT2D eigenvalue weighted by Gasteiger charge is -2.28. The standard InChI is InChI=1S/C21H34N2O4/c1-15-18(20(24)22-12-16-6-5-9-26-14-16)17(19(27-15)21(2,3)4)13-23-7-10-25-11-8-23/h16H,5-14H2,1-4H3,(H,22,24). The second-order valence-electron chi connectivity index (χ2n) is 8.77. The van der Waals surface area contributed by atoms with Gasteiger partial charge < -0.3 is 19.2 Å². The lowest BCUT2D eigenvalue weighted by molar-refractivity contribution is 0.0337. The first-order valence-electron chi connectivity index (χ1n) is 10.1. The molecule has 1 aromatic heterocycles. The highest BCUT2D eigenvalue weighted by molar-refractivity contribution is 5.97. The van der Waals surface area contributed by atoms with Gasteiger partial charge in [0.15, 0.2) is 0 Å². The first-order valence-corrected chi connectivity index (χ1v) is 10.1. The molecule has 6 heteroatoms. The van der Waals surface area contributed by atoms with Crippen LogP contribution in [0.5, 0.6) is 0 Å². The number of morpholine rings is 1. The minimum absolute atomic E-state index is 0.0272. The predicted molar refractivity (Wildman–Crippen MR) is 104 cm³/mol. The molecule has 2 aliphatic rings. The van der Waals surface area contributed by atoms with E-state index in [1.807, 2.05) is 6.92 Å². The van der Waals surface area contributed by atoms with E-state index in [0.29, 0.717) is 23.8 Å². The summed E-state index contributed by atoms with van der Waals surface area (Å²) in [4.78, 5) is 15.4. The Morgan fingerprint density at radius 2 is 1.93 bits per heavy atom. The first-order chi connectivity index (χ1) is 12.9. The molecule has 1 amide bonds. The largest absolute Gasteiger partial charge is 0.465 e. The van der Waals surface area contributed by atoms with Crippen LogP contribution >= 0.6 is 0 Å². The van der Waals surface area contributed by atoms with Crippen LogP contribution in [0.25, 0.3) is 0 Å². The monoisotopic (exact) mass is 378 g/mol. The van der Waals surface area contributed by atoms with E-state index in [9.17, 15) is 4.79 Å². The molecule has 152 valence electrons. The molecule has 1 N–H and O–H groups in total. The Morgan fingerprint density at radius 3 is 2.56 bits per heavy atom. The molecule has 3 heterocycles. The van der Waals surface area contributed by atoms with Gasteiger partial charge in [0.25, 0.3) is 5.91 Å². The van der Waals surface area contributed by atoms with Crippen LogP contribution in [0.1, 0.15) is 61.1 Å². The van der Waals surface area contributed by atoms with Gasteiger partial charge in [0.1, 0.15) is 11.5 Å². The molecule has 1 unspecified atom stereocenters. The summed E-state index contributed by atoms with van der Waals surface area (Å²) in [7, 11) is 0. The minimum atomic E-state index is -0.151. The van der Waals surface area contributed by atoms with Crippen molar-refractivity contribution in [3.05, 3.63) is 22.6 Å². The van der Waals surface area contributed by atoms with E-state index in [1.54, 1.807) is 0 Å². The normalized spacial score (nSPS) is 22.0. The van der Waals surface area contributed by atoms with E-state index >= 15 is 0 Å². The van der Waals surface area contributed by atoms with Gasteiger partial charge >= 0.3 is 0 Å².